The van der Waals surface area contributed by atoms with Gasteiger partial charge < -0.3 is 10.0 Å². The van der Waals surface area contributed by atoms with Gasteiger partial charge >= 0.3 is 5.97 Å². The van der Waals surface area contributed by atoms with Gasteiger partial charge in [0.1, 0.15) is 5.56 Å². The molecule has 1 saturated carbocycles. The first-order chi connectivity index (χ1) is 11.0. The van der Waals surface area contributed by atoms with E-state index in [0.717, 1.165) is 18.5 Å². The van der Waals surface area contributed by atoms with Crippen LogP contribution in [0.3, 0.4) is 0 Å². The topological polar surface area (TPSA) is 87.8 Å². The SMILES string of the molecule is Cc1ccn2ncc(C(=O)N3C[C@H](C(=O)O)[C@@H](C4CC4)C3)c2n1. The number of fused-ring (bicyclic) bond motifs is 1. The molecule has 0 unspecified atom stereocenters. The summed E-state index contributed by atoms with van der Waals surface area (Å²) in [7, 11) is 0. The van der Waals surface area contributed by atoms with Crippen LogP contribution in [-0.4, -0.2) is 49.6 Å². The number of rotatable bonds is 3. The number of carboxylic acids is 1. The lowest BCUT2D eigenvalue weighted by Gasteiger charge is -2.15. The first-order valence-corrected chi connectivity index (χ1v) is 7.87. The number of hydrogen-bond donors (Lipinski definition) is 1. The van der Waals surface area contributed by atoms with Crippen LogP contribution in [0, 0.1) is 24.7 Å². The second-order valence-electron chi connectivity index (χ2n) is 6.55. The van der Waals surface area contributed by atoms with E-state index >= 15 is 0 Å². The van der Waals surface area contributed by atoms with Crippen molar-refractivity contribution in [2.75, 3.05) is 13.1 Å². The number of aryl methyl sites for hydroxylation is 1. The fourth-order valence-corrected chi connectivity index (χ4v) is 3.54. The summed E-state index contributed by atoms with van der Waals surface area (Å²) >= 11 is 0. The molecule has 1 saturated heterocycles. The molecule has 0 bridgehead atoms. The van der Waals surface area contributed by atoms with Crippen LogP contribution in [0.4, 0.5) is 0 Å². The first kappa shape index (κ1) is 14.2. The van der Waals surface area contributed by atoms with Gasteiger partial charge in [-0.05, 0) is 37.7 Å². The van der Waals surface area contributed by atoms with E-state index in [9.17, 15) is 14.7 Å². The third-order valence-electron chi connectivity index (χ3n) is 4.94. The summed E-state index contributed by atoms with van der Waals surface area (Å²) in [5.41, 5.74) is 1.78. The summed E-state index contributed by atoms with van der Waals surface area (Å²) in [6.07, 6.45) is 5.44. The molecule has 2 aromatic heterocycles. The van der Waals surface area contributed by atoms with E-state index in [1.807, 2.05) is 13.0 Å². The fraction of sp³-hybridized carbons (Fsp3) is 0.500. The molecule has 2 aliphatic rings. The maximum Gasteiger partial charge on any atom is 0.308 e. The Kier molecular flexibility index (Phi) is 3.11. The van der Waals surface area contributed by atoms with Crippen LogP contribution in [-0.2, 0) is 4.79 Å². The molecule has 2 aromatic rings. The lowest BCUT2D eigenvalue weighted by molar-refractivity contribution is -0.142. The standard InChI is InChI=1S/C16H18N4O3/c1-9-4-5-20-14(18-9)11(6-17-20)15(21)19-7-12(10-2-3-10)13(8-19)16(22)23/h4-6,10,12-13H,2-3,7-8H2,1H3,(H,22,23)/t12-,13+/m1/s1. The lowest BCUT2D eigenvalue weighted by atomic mass is 9.92. The molecule has 1 aliphatic carbocycles. The Labute approximate surface area is 132 Å². The second kappa shape index (κ2) is 5.04. The van der Waals surface area contributed by atoms with Gasteiger partial charge in [0.15, 0.2) is 5.65 Å². The maximum atomic E-state index is 12.8. The molecule has 2 atom stereocenters. The Hall–Kier alpha value is -2.44. The third kappa shape index (κ3) is 2.36. The predicted octanol–water partition coefficient (Wildman–Crippen LogP) is 1.22. The molecule has 0 radical (unpaired) electrons. The van der Waals surface area contributed by atoms with Crippen LogP contribution in [0.15, 0.2) is 18.5 Å². The highest BCUT2D eigenvalue weighted by molar-refractivity contribution is 6.00. The van der Waals surface area contributed by atoms with E-state index in [2.05, 4.69) is 10.1 Å². The molecular formula is C16H18N4O3. The maximum absolute atomic E-state index is 12.8. The van der Waals surface area contributed by atoms with Crippen molar-refractivity contribution in [1.82, 2.24) is 19.5 Å². The minimum absolute atomic E-state index is 0.0768. The highest BCUT2D eigenvalue weighted by Crippen LogP contribution is 2.44. The zero-order chi connectivity index (χ0) is 16.1. The molecule has 23 heavy (non-hydrogen) atoms. The Morgan fingerprint density at radius 2 is 2.09 bits per heavy atom. The van der Waals surface area contributed by atoms with Gasteiger partial charge in [0, 0.05) is 25.0 Å². The summed E-state index contributed by atoms with van der Waals surface area (Å²) < 4.78 is 1.57. The van der Waals surface area contributed by atoms with Crippen LogP contribution in [0.25, 0.3) is 5.65 Å². The van der Waals surface area contributed by atoms with Crippen LogP contribution < -0.4 is 0 Å². The van der Waals surface area contributed by atoms with E-state index in [0.29, 0.717) is 23.7 Å². The van der Waals surface area contributed by atoms with Gasteiger partial charge in [0.25, 0.3) is 5.91 Å². The van der Waals surface area contributed by atoms with E-state index < -0.39 is 11.9 Å². The average Bonchev–Trinajstić information content (AvgIpc) is 3.12. The molecule has 7 heteroatoms. The van der Waals surface area contributed by atoms with Crippen LogP contribution >= 0.6 is 0 Å². The molecule has 0 aromatic carbocycles. The van der Waals surface area contributed by atoms with Gasteiger partial charge in [-0.15, -0.1) is 0 Å². The van der Waals surface area contributed by atoms with Crippen LogP contribution in [0.1, 0.15) is 28.9 Å². The lowest BCUT2D eigenvalue weighted by Crippen LogP contribution is -2.30. The normalized spacial score (nSPS) is 24.3. The van der Waals surface area contributed by atoms with Crippen molar-refractivity contribution in [3.05, 3.63) is 29.7 Å². The average molecular weight is 314 g/mol. The minimum atomic E-state index is -0.800. The first-order valence-electron chi connectivity index (χ1n) is 7.87. The molecule has 4 rings (SSSR count). The molecule has 1 aliphatic heterocycles. The Bertz CT molecular complexity index is 796. The highest BCUT2D eigenvalue weighted by atomic mass is 16.4. The quantitative estimate of drug-likeness (QED) is 0.920. The zero-order valence-corrected chi connectivity index (χ0v) is 12.8. The van der Waals surface area contributed by atoms with Crippen molar-refractivity contribution >= 4 is 17.5 Å². The van der Waals surface area contributed by atoms with E-state index in [1.165, 1.54) is 6.20 Å². The largest absolute Gasteiger partial charge is 0.481 e. The zero-order valence-electron chi connectivity index (χ0n) is 12.8. The number of carbonyl (C=O) groups excluding carboxylic acids is 1. The Balaban J connectivity index is 1.63. The number of aromatic nitrogens is 3. The summed E-state index contributed by atoms with van der Waals surface area (Å²) in [6, 6.07) is 1.83. The number of carbonyl (C=O) groups is 2. The number of carboxylic acid groups (broad SMARTS) is 1. The van der Waals surface area contributed by atoms with Crippen molar-refractivity contribution in [2.45, 2.75) is 19.8 Å². The Morgan fingerprint density at radius 3 is 2.78 bits per heavy atom. The summed E-state index contributed by atoms with van der Waals surface area (Å²) in [5.74, 6) is -0.896. The molecule has 7 nitrogen and oxygen atoms in total. The van der Waals surface area contributed by atoms with Crippen molar-refractivity contribution < 1.29 is 14.7 Å². The smallest absolute Gasteiger partial charge is 0.308 e. The van der Waals surface area contributed by atoms with Gasteiger partial charge in [-0.2, -0.15) is 5.10 Å². The molecule has 1 amide bonds. The van der Waals surface area contributed by atoms with Crippen molar-refractivity contribution in [2.24, 2.45) is 17.8 Å². The van der Waals surface area contributed by atoms with Crippen molar-refractivity contribution in [3.8, 4) is 0 Å². The van der Waals surface area contributed by atoms with E-state index in [1.54, 1.807) is 15.6 Å². The number of aliphatic carboxylic acids is 1. The summed E-state index contributed by atoms with van der Waals surface area (Å²) in [4.78, 5) is 30.4. The highest BCUT2D eigenvalue weighted by Gasteiger charge is 2.47. The summed E-state index contributed by atoms with van der Waals surface area (Å²) in [5, 5.41) is 13.6. The molecular weight excluding hydrogens is 296 g/mol. The molecule has 2 fully saturated rings. The fourth-order valence-electron chi connectivity index (χ4n) is 3.54. The molecule has 120 valence electrons. The van der Waals surface area contributed by atoms with Crippen molar-refractivity contribution in [3.63, 3.8) is 0 Å². The van der Waals surface area contributed by atoms with E-state index in [-0.39, 0.29) is 18.4 Å². The molecule has 0 spiro atoms. The minimum Gasteiger partial charge on any atom is -0.481 e. The second-order valence-corrected chi connectivity index (χ2v) is 6.55. The van der Waals surface area contributed by atoms with Crippen LogP contribution in [0.5, 0.6) is 0 Å². The number of nitrogens with zero attached hydrogens (tertiary/aromatic N) is 4. The molecule has 1 N–H and O–H groups in total. The summed E-state index contributed by atoms with van der Waals surface area (Å²) in [6.45, 7) is 2.66. The van der Waals surface area contributed by atoms with Gasteiger partial charge in [0.05, 0.1) is 12.1 Å². The van der Waals surface area contributed by atoms with E-state index in [4.69, 9.17) is 0 Å². The Morgan fingerprint density at radius 1 is 1.30 bits per heavy atom. The van der Waals surface area contributed by atoms with Crippen LogP contribution in [0.2, 0.25) is 0 Å². The third-order valence-corrected chi connectivity index (χ3v) is 4.94. The number of likely N-dealkylation sites (tertiary alicyclic amines) is 1. The van der Waals surface area contributed by atoms with Gasteiger partial charge in [0.2, 0.25) is 0 Å². The van der Waals surface area contributed by atoms with Gasteiger partial charge in [-0.1, -0.05) is 0 Å². The molecule has 3 heterocycles. The number of hydrogen-bond acceptors (Lipinski definition) is 4. The van der Waals surface area contributed by atoms with Gasteiger partial charge in [-0.25, -0.2) is 9.50 Å². The van der Waals surface area contributed by atoms with Gasteiger partial charge in [-0.3, -0.25) is 9.59 Å². The monoisotopic (exact) mass is 314 g/mol. The number of amides is 1. The predicted molar refractivity (Wildman–Crippen MR) is 81.0 cm³/mol. The van der Waals surface area contributed by atoms with Crippen molar-refractivity contribution in [1.29, 1.82) is 0 Å².